The van der Waals surface area contributed by atoms with Crippen LogP contribution in [0.5, 0.6) is 0 Å². The van der Waals surface area contributed by atoms with Crippen molar-refractivity contribution >= 4 is 17.3 Å². The lowest BCUT2D eigenvalue weighted by atomic mass is 10.2. The Morgan fingerprint density at radius 2 is 2.16 bits per heavy atom. The van der Waals surface area contributed by atoms with E-state index in [-0.39, 0.29) is 0 Å². The molecule has 0 unspecified atom stereocenters. The number of nitrogens with two attached hydrogens (primary N) is 1. The fourth-order valence-corrected chi connectivity index (χ4v) is 1.94. The molecule has 0 fully saturated rings. The van der Waals surface area contributed by atoms with Crippen LogP contribution in [0.1, 0.15) is 11.3 Å². The largest absolute Gasteiger partial charge is 0.398 e. The smallest absolute Gasteiger partial charge is 0.254 e. The first-order chi connectivity index (χ1) is 9.24. The number of hydrogen-bond donors (Lipinski definition) is 2. The van der Waals surface area contributed by atoms with Crippen LogP contribution in [0.3, 0.4) is 0 Å². The monoisotopic (exact) mass is 254 g/mol. The zero-order valence-electron chi connectivity index (χ0n) is 10.5. The van der Waals surface area contributed by atoms with Gasteiger partial charge >= 0.3 is 0 Å². The van der Waals surface area contributed by atoms with E-state index in [0.29, 0.717) is 12.3 Å². The number of nitrogen functional groups attached to an aromatic ring is 1. The van der Waals surface area contributed by atoms with Crippen LogP contribution in [-0.4, -0.2) is 19.6 Å². The summed E-state index contributed by atoms with van der Waals surface area (Å²) in [5, 5.41) is 7.46. The number of anilines is 2. The van der Waals surface area contributed by atoms with Crippen molar-refractivity contribution in [2.24, 2.45) is 0 Å². The van der Waals surface area contributed by atoms with Crippen LogP contribution in [0, 0.1) is 6.92 Å². The van der Waals surface area contributed by atoms with Crippen LogP contribution in [-0.2, 0) is 6.54 Å². The van der Waals surface area contributed by atoms with Gasteiger partial charge in [0.1, 0.15) is 12.1 Å². The highest BCUT2D eigenvalue weighted by Gasteiger charge is 2.05. The van der Waals surface area contributed by atoms with E-state index in [1.807, 2.05) is 37.3 Å². The number of nitrogens with one attached hydrogen (secondary N) is 1. The fourth-order valence-electron chi connectivity index (χ4n) is 1.94. The zero-order chi connectivity index (χ0) is 13.2. The van der Waals surface area contributed by atoms with E-state index in [2.05, 4.69) is 20.4 Å². The zero-order valence-corrected chi connectivity index (χ0v) is 10.5. The third-order valence-corrected chi connectivity index (χ3v) is 2.89. The molecule has 0 saturated heterocycles. The highest BCUT2D eigenvalue weighted by molar-refractivity contribution is 5.50. The second-order valence-electron chi connectivity index (χ2n) is 4.31. The van der Waals surface area contributed by atoms with Crippen molar-refractivity contribution in [3.05, 3.63) is 47.9 Å². The third-order valence-electron chi connectivity index (χ3n) is 2.89. The van der Waals surface area contributed by atoms with E-state index in [4.69, 9.17) is 5.73 Å². The van der Waals surface area contributed by atoms with Crippen molar-refractivity contribution < 1.29 is 0 Å². The lowest BCUT2D eigenvalue weighted by Gasteiger charge is -2.10. The molecule has 96 valence electrons. The first-order valence-corrected chi connectivity index (χ1v) is 5.98. The summed E-state index contributed by atoms with van der Waals surface area (Å²) < 4.78 is 1.67. The van der Waals surface area contributed by atoms with Gasteiger partial charge in [0.2, 0.25) is 0 Å². The molecule has 3 N–H and O–H groups in total. The first-order valence-electron chi connectivity index (χ1n) is 5.98. The molecule has 0 bridgehead atoms. The average Bonchev–Trinajstić information content (AvgIpc) is 2.85. The van der Waals surface area contributed by atoms with Gasteiger partial charge in [-0.3, -0.25) is 0 Å². The highest BCUT2D eigenvalue weighted by Crippen LogP contribution is 2.15. The van der Waals surface area contributed by atoms with Crippen LogP contribution >= 0.6 is 0 Å². The lowest BCUT2D eigenvalue weighted by Crippen LogP contribution is -2.08. The van der Waals surface area contributed by atoms with Crippen molar-refractivity contribution in [3.63, 3.8) is 0 Å². The average molecular weight is 254 g/mol. The van der Waals surface area contributed by atoms with E-state index >= 15 is 0 Å². The fraction of sp³-hybridized carbons (Fsp3) is 0.154. The lowest BCUT2D eigenvalue weighted by molar-refractivity contribution is 0.917. The number of aryl methyl sites for hydroxylation is 1. The van der Waals surface area contributed by atoms with Gasteiger partial charge in [-0.25, -0.2) is 4.98 Å². The van der Waals surface area contributed by atoms with Gasteiger partial charge in [0.05, 0.1) is 0 Å². The third kappa shape index (κ3) is 2.20. The summed E-state index contributed by atoms with van der Waals surface area (Å²) in [4.78, 5) is 8.38. The van der Waals surface area contributed by atoms with E-state index < -0.39 is 0 Å². The molecule has 1 aromatic carbocycles. The van der Waals surface area contributed by atoms with Gasteiger partial charge < -0.3 is 11.1 Å². The Balaban J connectivity index is 1.90. The summed E-state index contributed by atoms with van der Waals surface area (Å²) >= 11 is 0. The number of nitrogens with zero attached hydrogens (tertiary/aromatic N) is 4. The second-order valence-corrected chi connectivity index (χ2v) is 4.31. The Hall–Kier alpha value is -2.63. The summed E-state index contributed by atoms with van der Waals surface area (Å²) in [5.41, 5.74) is 8.63. The van der Waals surface area contributed by atoms with Crippen molar-refractivity contribution in [1.82, 2.24) is 19.6 Å². The predicted octanol–water partition coefficient (Wildman–Crippen LogP) is 1.63. The number of para-hydroxylation sites is 1. The summed E-state index contributed by atoms with van der Waals surface area (Å²) in [6.45, 7) is 2.56. The maximum atomic E-state index is 5.92. The molecular formula is C13H14N6. The normalized spacial score (nSPS) is 10.8. The van der Waals surface area contributed by atoms with Gasteiger partial charge in [-0.2, -0.15) is 14.6 Å². The van der Waals surface area contributed by atoms with Crippen molar-refractivity contribution in [2.75, 3.05) is 11.1 Å². The van der Waals surface area contributed by atoms with Gasteiger partial charge in [0, 0.05) is 24.0 Å². The number of aromatic nitrogens is 4. The van der Waals surface area contributed by atoms with Gasteiger partial charge in [0.15, 0.2) is 0 Å². The Kier molecular flexibility index (Phi) is 2.75. The quantitative estimate of drug-likeness (QED) is 0.694. The number of benzene rings is 1. The van der Waals surface area contributed by atoms with E-state index in [1.165, 1.54) is 6.33 Å². The standard InChI is InChI=1S/C13H14N6/c1-9-6-12(19-13(18-9)16-8-17-19)15-7-10-4-2-3-5-11(10)14/h2-6,8,15H,7,14H2,1H3. The maximum absolute atomic E-state index is 5.92. The van der Waals surface area contributed by atoms with E-state index in [0.717, 1.165) is 22.8 Å². The van der Waals surface area contributed by atoms with Crippen LogP contribution in [0.15, 0.2) is 36.7 Å². The van der Waals surface area contributed by atoms with E-state index in [9.17, 15) is 0 Å². The predicted molar refractivity (Wildman–Crippen MR) is 73.7 cm³/mol. The molecule has 0 saturated carbocycles. The molecule has 6 heteroatoms. The SMILES string of the molecule is Cc1cc(NCc2ccccc2N)n2ncnc2n1. The van der Waals surface area contributed by atoms with Crippen LogP contribution in [0.25, 0.3) is 5.78 Å². The van der Waals surface area contributed by atoms with Gasteiger partial charge in [-0.05, 0) is 18.6 Å². The molecule has 3 aromatic rings. The van der Waals surface area contributed by atoms with Crippen molar-refractivity contribution in [1.29, 1.82) is 0 Å². The molecule has 2 heterocycles. The minimum atomic E-state index is 0.587. The maximum Gasteiger partial charge on any atom is 0.254 e. The summed E-state index contributed by atoms with van der Waals surface area (Å²) in [6, 6.07) is 9.71. The van der Waals surface area contributed by atoms with E-state index in [1.54, 1.807) is 4.52 Å². The van der Waals surface area contributed by atoms with Crippen LogP contribution < -0.4 is 11.1 Å². The minimum Gasteiger partial charge on any atom is -0.398 e. The Morgan fingerprint density at radius 1 is 1.32 bits per heavy atom. The Morgan fingerprint density at radius 3 is 3.00 bits per heavy atom. The topological polar surface area (TPSA) is 81.1 Å². The second kappa shape index (κ2) is 4.56. The number of hydrogen-bond acceptors (Lipinski definition) is 5. The van der Waals surface area contributed by atoms with Gasteiger partial charge in [-0.15, -0.1) is 0 Å². The summed E-state index contributed by atoms with van der Waals surface area (Å²) in [5.74, 6) is 1.44. The Bertz CT molecular complexity index is 718. The molecule has 0 atom stereocenters. The molecule has 3 rings (SSSR count). The van der Waals surface area contributed by atoms with Crippen LogP contribution in [0.2, 0.25) is 0 Å². The number of rotatable bonds is 3. The summed E-state index contributed by atoms with van der Waals surface area (Å²) in [6.07, 6.45) is 1.49. The molecule has 6 nitrogen and oxygen atoms in total. The highest BCUT2D eigenvalue weighted by atomic mass is 15.3. The summed E-state index contributed by atoms with van der Waals surface area (Å²) in [7, 11) is 0. The molecule has 0 aliphatic rings. The molecule has 0 aliphatic carbocycles. The first kappa shape index (κ1) is 11.5. The van der Waals surface area contributed by atoms with Crippen molar-refractivity contribution in [2.45, 2.75) is 13.5 Å². The molecule has 0 amide bonds. The molecular weight excluding hydrogens is 240 g/mol. The molecule has 2 aromatic heterocycles. The molecule has 0 aliphatic heterocycles. The van der Waals surface area contributed by atoms with Crippen LogP contribution in [0.4, 0.5) is 11.5 Å². The van der Waals surface area contributed by atoms with Gasteiger partial charge in [0.25, 0.3) is 5.78 Å². The van der Waals surface area contributed by atoms with Crippen molar-refractivity contribution in [3.8, 4) is 0 Å². The number of fused-ring (bicyclic) bond motifs is 1. The van der Waals surface area contributed by atoms with Gasteiger partial charge in [-0.1, -0.05) is 18.2 Å². The molecule has 0 spiro atoms. The Labute approximate surface area is 110 Å². The molecule has 0 radical (unpaired) electrons. The molecule has 19 heavy (non-hydrogen) atoms. The minimum absolute atomic E-state index is 0.587.